The zero-order valence-corrected chi connectivity index (χ0v) is 24.5. The third kappa shape index (κ3) is 5.74. The first-order valence-corrected chi connectivity index (χ1v) is 13.9. The molecular weight excluding hydrogens is 528 g/mol. The number of nitrogens with zero attached hydrogens (tertiary/aromatic N) is 2. The summed E-state index contributed by atoms with van der Waals surface area (Å²) in [6.45, 7) is 11.4. The second-order valence-electron chi connectivity index (χ2n) is 9.44. The van der Waals surface area contributed by atoms with Gasteiger partial charge in [-0.1, -0.05) is 29.5 Å². The maximum absolute atomic E-state index is 13.9. The molecule has 0 amide bonds. The molecule has 8 nitrogen and oxygen atoms in total. The van der Waals surface area contributed by atoms with Gasteiger partial charge in [0.25, 0.3) is 5.56 Å². The Morgan fingerprint density at radius 2 is 1.85 bits per heavy atom. The molecule has 1 atom stereocenters. The van der Waals surface area contributed by atoms with Crippen LogP contribution in [0.4, 0.5) is 0 Å². The van der Waals surface area contributed by atoms with E-state index in [1.807, 2.05) is 44.2 Å². The smallest absolute Gasteiger partial charge is 0.338 e. The van der Waals surface area contributed by atoms with Gasteiger partial charge >= 0.3 is 5.97 Å². The highest BCUT2D eigenvalue weighted by molar-refractivity contribution is 7.07. The molecule has 0 radical (unpaired) electrons. The molecule has 0 unspecified atom stereocenters. The van der Waals surface area contributed by atoms with Gasteiger partial charge in [-0.3, -0.25) is 9.36 Å². The molecule has 0 saturated carbocycles. The molecular formula is C31H34N2O6S. The number of carbonyl (C=O) groups excluding carboxylic acids is 1. The number of allylic oxidation sites excluding steroid dienone is 2. The number of hydrogen-bond donors (Lipinski definition) is 0. The first kappa shape index (κ1) is 28.9. The van der Waals surface area contributed by atoms with Crippen molar-refractivity contribution in [1.82, 2.24) is 4.57 Å². The minimum atomic E-state index is -0.758. The third-order valence-corrected chi connectivity index (χ3v) is 7.33. The second kappa shape index (κ2) is 12.4. The average molecular weight is 563 g/mol. The lowest BCUT2D eigenvalue weighted by atomic mass is 9.95. The highest BCUT2D eigenvalue weighted by atomic mass is 32.1. The number of hydrogen-bond acceptors (Lipinski definition) is 8. The average Bonchev–Trinajstić information content (AvgIpc) is 3.22. The normalized spacial score (nSPS) is 15.0. The van der Waals surface area contributed by atoms with Crippen molar-refractivity contribution < 1.29 is 23.7 Å². The van der Waals surface area contributed by atoms with E-state index >= 15 is 0 Å². The Labute approximate surface area is 237 Å². The molecule has 40 heavy (non-hydrogen) atoms. The Balaban J connectivity index is 1.92. The van der Waals surface area contributed by atoms with E-state index in [-0.39, 0.29) is 18.3 Å². The molecule has 0 bridgehead atoms. The Morgan fingerprint density at radius 1 is 1.12 bits per heavy atom. The maximum atomic E-state index is 13.9. The van der Waals surface area contributed by atoms with Crippen LogP contribution in [0.3, 0.4) is 0 Å². The lowest BCUT2D eigenvalue weighted by Gasteiger charge is -2.25. The van der Waals surface area contributed by atoms with E-state index in [0.29, 0.717) is 44.1 Å². The number of benzene rings is 2. The molecule has 0 aliphatic carbocycles. The van der Waals surface area contributed by atoms with Gasteiger partial charge in [0.05, 0.1) is 48.8 Å². The molecule has 1 aliphatic rings. The van der Waals surface area contributed by atoms with Crippen LogP contribution in [0.1, 0.15) is 50.4 Å². The summed E-state index contributed by atoms with van der Waals surface area (Å²) in [6, 6.07) is 10.4. The summed E-state index contributed by atoms with van der Waals surface area (Å²) >= 11 is 1.27. The van der Waals surface area contributed by atoms with Crippen molar-refractivity contribution in [3.63, 3.8) is 0 Å². The van der Waals surface area contributed by atoms with Crippen LogP contribution in [0.2, 0.25) is 0 Å². The van der Waals surface area contributed by atoms with Crippen LogP contribution < -0.4 is 29.1 Å². The number of carbonyl (C=O) groups is 1. The summed E-state index contributed by atoms with van der Waals surface area (Å²) in [6.07, 6.45) is 4.21. The van der Waals surface area contributed by atoms with Crippen LogP contribution in [0.25, 0.3) is 6.08 Å². The molecule has 1 aromatic heterocycles. The van der Waals surface area contributed by atoms with Gasteiger partial charge in [-0.05, 0) is 81.1 Å². The molecule has 0 spiro atoms. The fraction of sp³-hybridized carbons (Fsp3) is 0.323. The molecule has 9 heteroatoms. The molecule has 4 rings (SSSR count). The molecule has 0 fully saturated rings. The molecule has 2 heterocycles. The van der Waals surface area contributed by atoms with Gasteiger partial charge in [-0.2, -0.15) is 0 Å². The summed E-state index contributed by atoms with van der Waals surface area (Å²) in [4.78, 5) is 32.3. The minimum Gasteiger partial charge on any atom is -0.496 e. The monoisotopic (exact) mass is 562 g/mol. The Bertz CT molecular complexity index is 1650. The second-order valence-corrected chi connectivity index (χ2v) is 10.5. The number of rotatable bonds is 10. The van der Waals surface area contributed by atoms with E-state index in [1.54, 1.807) is 50.8 Å². The highest BCUT2D eigenvalue weighted by Crippen LogP contribution is 2.36. The highest BCUT2D eigenvalue weighted by Gasteiger charge is 2.34. The van der Waals surface area contributed by atoms with E-state index in [2.05, 4.69) is 11.6 Å². The summed E-state index contributed by atoms with van der Waals surface area (Å²) in [5, 5.41) is 0. The van der Waals surface area contributed by atoms with E-state index < -0.39 is 12.0 Å². The number of methoxy groups -OCH3 is 2. The van der Waals surface area contributed by atoms with Crippen molar-refractivity contribution in [2.45, 2.75) is 46.3 Å². The van der Waals surface area contributed by atoms with Gasteiger partial charge in [0.2, 0.25) is 0 Å². The van der Waals surface area contributed by atoms with Crippen molar-refractivity contribution in [2.75, 3.05) is 20.8 Å². The Morgan fingerprint density at radius 3 is 2.50 bits per heavy atom. The van der Waals surface area contributed by atoms with E-state index in [1.165, 1.54) is 11.3 Å². The first-order valence-electron chi connectivity index (χ1n) is 13.0. The van der Waals surface area contributed by atoms with Crippen molar-refractivity contribution in [2.24, 2.45) is 4.99 Å². The molecule has 210 valence electrons. The molecule has 0 N–H and O–H groups in total. The minimum absolute atomic E-state index is 0.0559. The van der Waals surface area contributed by atoms with E-state index in [4.69, 9.17) is 18.9 Å². The Hall–Kier alpha value is -4.11. The van der Waals surface area contributed by atoms with Gasteiger partial charge in [0.15, 0.2) is 16.3 Å². The summed E-state index contributed by atoms with van der Waals surface area (Å²) in [5.41, 5.74) is 3.03. The molecule has 2 aromatic carbocycles. The maximum Gasteiger partial charge on any atom is 0.338 e. The number of esters is 1. The van der Waals surface area contributed by atoms with Crippen LogP contribution in [0.5, 0.6) is 17.2 Å². The standard InChI is InChI=1S/C31H34N2O6S/c1-8-10-21-15-20(11-13-23(21)36-6)16-26-29(34)33-28(22-12-14-24(39-18(3)4)25(17-22)37-7)27(30(35)38-9-2)19(5)32-31(33)40-26/h8,11-18,28H,1,9-10H2,2-7H3/b26-16-/t28-/m0/s1. The van der Waals surface area contributed by atoms with Gasteiger partial charge in [0.1, 0.15) is 5.75 Å². The topological polar surface area (TPSA) is 88.4 Å². The largest absolute Gasteiger partial charge is 0.496 e. The predicted molar refractivity (Wildman–Crippen MR) is 156 cm³/mol. The fourth-order valence-corrected chi connectivity index (χ4v) is 5.71. The molecule has 1 aliphatic heterocycles. The third-order valence-electron chi connectivity index (χ3n) is 6.35. The van der Waals surface area contributed by atoms with Crippen LogP contribution in [0.15, 0.2) is 70.1 Å². The predicted octanol–water partition coefficient (Wildman–Crippen LogP) is 4.33. The van der Waals surface area contributed by atoms with Gasteiger partial charge in [-0.25, -0.2) is 9.79 Å². The summed E-state index contributed by atoms with van der Waals surface area (Å²) < 4.78 is 24.4. The van der Waals surface area contributed by atoms with Crippen LogP contribution in [0, 0.1) is 0 Å². The van der Waals surface area contributed by atoms with Crippen molar-refractivity contribution in [3.8, 4) is 17.2 Å². The van der Waals surface area contributed by atoms with Crippen LogP contribution >= 0.6 is 11.3 Å². The zero-order chi connectivity index (χ0) is 29.0. The van der Waals surface area contributed by atoms with Crippen LogP contribution in [-0.4, -0.2) is 37.5 Å². The quantitative estimate of drug-likeness (QED) is 0.270. The number of ether oxygens (including phenoxy) is 4. The van der Waals surface area contributed by atoms with Gasteiger partial charge in [-0.15, -0.1) is 6.58 Å². The lowest BCUT2D eigenvalue weighted by molar-refractivity contribution is -0.139. The number of aromatic nitrogens is 1. The SMILES string of the molecule is C=CCc1cc(/C=c2\sc3n(c2=O)[C@@H](c2ccc(OC(C)C)c(OC)c2)C(C(=O)OCC)=C(C)N=3)ccc1OC. The molecule has 3 aromatic rings. The zero-order valence-electron chi connectivity index (χ0n) is 23.6. The van der Waals surface area contributed by atoms with Crippen molar-refractivity contribution in [3.05, 3.63) is 96.7 Å². The van der Waals surface area contributed by atoms with Crippen LogP contribution in [-0.2, 0) is 16.0 Å². The summed E-state index contributed by atoms with van der Waals surface area (Å²) in [5.74, 6) is 1.31. The van der Waals surface area contributed by atoms with Crippen molar-refractivity contribution >= 4 is 23.4 Å². The van der Waals surface area contributed by atoms with Gasteiger partial charge < -0.3 is 18.9 Å². The molecule has 0 saturated heterocycles. The van der Waals surface area contributed by atoms with E-state index in [0.717, 1.165) is 16.9 Å². The van der Waals surface area contributed by atoms with Crippen molar-refractivity contribution in [1.29, 1.82) is 0 Å². The first-order chi connectivity index (χ1) is 19.2. The summed E-state index contributed by atoms with van der Waals surface area (Å²) in [7, 11) is 3.18. The fourth-order valence-electron chi connectivity index (χ4n) is 4.67. The Kier molecular flexibility index (Phi) is 8.94. The number of thiazole rings is 1. The lowest BCUT2D eigenvalue weighted by Crippen LogP contribution is -2.40. The number of fused-ring (bicyclic) bond motifs is 1. The van der Waals surface area contributed by atoms with E-state index in [9.17, 15) is 9.59 Å². The van der Waals surface area contributed by atoms with Gasteiger partial charge in [0, 0.05) is 0 Å².